The molecule has 0 radical (unpaired) electrons. The Balaban J connectivity index is 2.12. The highest BCUT2D eigenvalue weighted by Crippen LogP contribution is 2.24. The van der Waals surface area contributed by atoms with Crippen LogP contribution in [0.4, 0.5) is 17.1 Å². The van der Waals surface area contributed by atoms with E-state index < -0.39 is 11.5 Å². The summed E-state index contributed by atoms with van der Waals surface area (Å²) < 4.78 is 4.76. The van der Waals surface area contributed by atoms with Crippen LogP contribution in [-0.2, 0) is 4.74 Å². The number of nitrogen functional groups attached to an aromatic ring is 1. The number of anilines is 3. The van der Waals surface area contributed by atoms with E-state index >= 15 is 0 Å². The number of nitrogens with two attached hydrogens (primary N) is 1. The summed E-state index contributed by atoms with van der Waals surface area (Å²) in [5, 5.41) is 3.40. The lowest BCUT2D eigenvalue weighted by Gasteiger charge is -2.12. The summed E-state index contributed by atoms with van der Waals surface area (Å²) in [5.74, 6) is -0.526. The van der Waals surface area contributed by atoms with E-state index in [9.17, 15) is 9.59 Å². The minimum Gasteiger partial charge on any atom is -0.464 e. The van der Waals surface area contributed by atoms with Gasteiger partial charge in [-0.2, -0.15) is 0 Å². The largest absolute Gasteiger partial charge is 0.464 e. The summed E-state index contributed by atoms with van der Waals surface area (Å²) in [6.07, 6.45) is 0. The number of rotatable bonds is 4. The molecule has 0 atom stereocenters. The number of hydrogen-bond donors (Lipinski definition) is 3. The van der Waals surface area contributed by atoms with Crippen molar-refractivity contribution in [2.75, 3.05) is 18.2 Å². The van der Waals surface area contributed by atoms with Gasteiger partial charge in [-0.1, -0.05) is 23.7 Å². The van der Waals surface area contributed by atoms with E-state index in [0.29, 0.717) is 22.0 Å². The summed E-state index contributed by atoms with van der Waals surface area (Å²) in [7, 11) is 1.22. The monoisotopic (exact) mass is 370 g/mol. The van der Waals surface area contributed by atoms with Gasteiger partial charge in [0.2, 0.25) is 0 Å². The highest BCUT2D eigenvalue weighted by atomic mass is 35.5. The molecular formula is C18H15ClN4O3. The van der Waals surface area contributed by atoms with Crippen LogP contribution in [0.2, 0.25) is 5.02 Å². The molecule has 0 amide bonds. The number of para-hydroxylation sites is 2. The summed E-state index contributed by atoms with van der Waals surface area (Å²) in [5.41, 5.74) is 6.65. The topological polar surface area (TPSA) is 110 Å². The van der Waals surface area contributed by atoms with Gasteiger partial charge in [0.25, 0.3) is 5.56 Å². The maximum atomic E-state index is 12.6. The second kappa shape index (κ2) is 7.28. The van der Waals surface area contributed by atoms with Gasteiger partial charge in [0, 0.05) is 10.6 Å². The van der Waals surface area contributed by atoms with Crippen molar-refractivity contribution in [3.8, 4) is 11.4 Å². The lowest BCUT2D eigenvalue weighted by Crippen LogP contribution is -2.21. The van der Waals surface area contributed by atoms with Crippen LogP contribution in [0.5, 0.6) is 0 Å². The Morgan fingerprint density at radius 2 is 1.88 bits per heavy atom. The summed E-state index contributed by atoms with van der Waals surface area (Å²) in [6, 6.07) is 13.5. The molecule has 3 aromatic rings. The smallest absolute Gasteiger partial charge is 0.359 e. The predicted octanol–water partition coefficient (Wildman–Crippen LogP) is 3.20. The van der Waals surface area contributed by atoms with Gasteiger partial charge in [0.1, 0.15) is 11.5 Å². The first-order valence-corrected chi connectivity index (χ1v) is 7.97. The first kappa shape index (κ1) is 17.5. The Bertz CT molecular complexity index is 1020. The van der Waals surface area contributed by atoms with Gasteiger partial charge in [0.15, 0.2) is 5.69 Å². The van der Waals surface area contributed by atoms with Crippen molar-refractivity contribution in [1.29, 1.82) is 0 Å². The van der Waals surface area contributed by atoms with Crippen LogP contribution in [0, 0.1) is 0 Å². The fourth-order valence-corrected chi connectivity index (χ4v) is 2.45. The van der Waals surface area contributed by atoms with Gasteiger partial charge in [-0.05, 0) is 36.4 Å². The lowest BCUT2D eigenvalue weighted by molar-refractivity contribution is 0.0595. The number of nitrogens with one attached hydrogen (secondary N) is 2. The molecular weight excluding hydrogens is 356 g/mol. The molecule has 0 aliphatic heterocycles. The van der Waals surface area contributed by atoms with Crippen molar-refractivity contribution < 1.29 is 9.53 Å². The zero-order valence-electron chi connectivity index (χ0n) is 13.7. The van der Waals surface area contributed by atoms with Crippen LogP contribution >= 0.6 is 11.6 Å². The van der Waals surface area contributed by atoms with Crippen LogP contribution < -0.4 is 16.6 Å². The number of carbonyl (C=O) groups is 1. The van der Waals surface area contributed by atoms with Crippen molar-refractivity contribution >= 4 is 34.6 Å². The minimum absolute atomic E-state index is 0.0486. The van der Waals surface area contributed by atoms with Crippen LogP contribution in [-0.4, -0.2) is 23.0 Å². The number of benzene rings is 2. The molecule has 0 bridgehead atoms. The Morgan fingerprint density at radius 1 is 1.19 bits per heavy atom. The lowest BCUT2D eigenvalue weighted by atomic mass is 10.2. The van der Waals surface area contributed by atoms with E-state index in [1.54, 1.807) is 48.5 Å². The normalized spacial score (nSPS) is 10.4. The van der Waals surface area contributed by atoms with Crippen molar-refractivity contribution in [1.82, 2.24) is 9.97 Å². The molecule has 0 saturated carbocycles. The van der Waals surface area contributed by atoms with E-state index in [1.165, 1.54) is 7.11 Å². The van der Waals surface area contributed by atoms with Crippen molar-refractivity contribution in [2.45, 2.75) is 0 Å². The first-order chi connectivity index (χ1) is 12.5. The fraction of sp³-hybridized carbons (Fsp3) is 0.0556. The van der Waals surface area contributed by atoms with Gasteiger partial charge in [-0.3, -0.25) is 4.79 Å². The fourth-order valence-electron chi connectivity index (χ4n) is 2.32. The highest BCUT2D eigenvalue weighted by molar-refractivity contribution is 6.30. The molecule has 0 aliphatic carbocycles. The number of H-pyrrole nitrogens is 1. The Hall–Kier alpha value is -3.32. The maximum absolute atomic E-state index is 12.6. The average molecular weight is 371 g/mol. The number of halogens is 1. The number of aromatic nitrogens is 2. The molecule has 3 rings (SSSR count). The molecule has 1 aromatic heterocycles. The van der Waals surface area contributed by atoms with E-state index in [4.69, 9.17) is 22.1 Å². The van der Waals surface area contributed by atoms with Crippen LogP contribution in [0.3, 0.4) is 0 Å². The van der Waals surface area contributed by atoms with Gasteiger partial charge >= 0.3 is 5.97 Å². The second-order valence-electron chi connectivity index (χ2n) is 5.35. The number of ether oxygens (including phenoxy) is 1. The third-order valence-corrected chi connectivity index (χ3v) is 3.89. The molecule has 0 unspecified atom stereocenters. The van der Waals surface area contributed by atoms with Gasteiger partial charge in [0.05, 0.1) is 18.5 Å². The van der Waals surface area contributed by atoms with E-state index in [2.05, 4.69) is 15.3 Å². The number of nitrogens with zero attached hydrogens (tertiary/aromatic N) is 1. The van der Waals surface area contributed by atoms with E-state index in [1.807, 2.05) is 0 Å². The summed E-state index contributed by atoms with van der Waals surface area (Å²) in [6.45, 7) is 0. The number of carbonyl (C=O) groups excluding carboxylic acids is 1. The van der Waals surface area contributed by atoms with E-state index in [0.717, 1.165) is 0 Å². The zero-order chi connectivity index (χ0) is 18.7. The third kappa shape index (κ3) is 3.52. The highest BCUT2D eigenvalue weighted by Gasteiger charge is 2.20. The Labute approximate surface area is 153 Å². The van der Waals surface area contributed by atoms with Crippen molar-refractivity contribution in [3.63, 3.8) is 0 Å². The third-order valence-electron chi connectivity index (χ3n) is 3.64. The molecule has 0 fully saturated rings. The average Bonchev–Trinajstić information content (AvgIpc) is 2.64. The standard InChI is InChI=1S/C18H15ClN4O3/c1-26-18(25)15-14(21-13-5-3-2-4-12(13)20)17(24)23-16(22-15)10-6-8-11(19)9-7-10/h2-9,21H,20H2,1H3,(H,22,23,24). The molecule has 1 heterocycles. The molecule has 4 N–H and O–H groups in total. The van der Waals surface area contributed by atoms with Gasteiger partial charge < -0.3 is 20.8 Å². The molecule has 132 valence electrons. The second-order valence-corrected chi connectivity index (χ2v) is 5.79. The molecule has 2 aromatic carbocycles. The Morgan fingerprint density at radius 3 is 2.54 bits per heavy atom. The molecule has 0 spiro atoms. The molecule has 0 saturated heterocycles. The van der Waals surface area contributed by atoms with Gasteiger partial charge in [-0.15, -0.1) is 0 Å². The van der Waals surface area contributed by atoms with Crippen molar-refractivity contribution in [2.24, 2.45) is 0 Å². The van der Waals surface area contributed by atoms with E-state index in [-0.39, 0.29) is 17.2 Å². The quantitative estimate of drug-likeness (QED) is 0.480. The summed E-state index contributed by atoms with van der Waals surface area (Å²) >= 11 is 5.88. The number of aromatic amines is 1. The number of methoxy groups -OCH3 is 1. The molecule has 8 heteroatoms. The minimum atomic E-state index is -0.747. The molecule has 7 nitrogen and oxygen atoms in total. The summed E-state index contributed by atoms with van der Waals surface area (Å²) in [4.78, 5) is 31.7. The maximum Gasteiger partial charge on any atom is 0.359 e. The van der Waals surface area contributed by atoms with Crippen molar-refractivity contribution in [3.05, 3.63) is 69.6 Å². The number of esters is 1. The SMILES string of the molecule is COC(=O)c1nc(-c2ccc(Cl)cc2)[nH]c(=O)c1Nc1ccccc1N. The zero-order valence-corrected chi connectivity index (χ0v) is 14.5. The predicted molar refractivity (Wildman–Crippen MR) is 101 cm³/mol. The number of hydrogen-bond acceptors (Lipinski definition) is 6. The Kier molecular flexibility index (Phi) is 4.90. The van der Waals surface area contributed by atoms with Crippen LogP contribution in [0.25, 0.3) is 11.4 Å². The van der Waals surface area contributed by atoms with Crippen LogP contribution in [0.1, 0.15) is 10.5 Å². The molecule has 0 aliphatic rings. The molecule has 26 heavy (non-hydrogen) atoms. The van der Waals surface area contributed by atoms with Crippen LogP contribution in [0.15, 0.2) is 53.3 Å². The van der Waals surface area contributed by atoms with Gasteiger partial charge in [-0.25, -0.2) is 9.78 Å². The first-order valence-electron chi connectivity index (χ1n) is 7.59.